The molecule has 0 aliphatic carbocycles. The summed E-state index contributed by atoms with van der Waals surface area (Å²) < 4.78 is 0. The maximum atomic E-state index is 12.0. The Morgan fingerprint density at radius 1 is 1.53 bits per heavy atom. The van der Waals surface area contributed by atoms with Crippen LogP contribution in [0, 0.1) is 5.41 Å². The molecule has 4 heteroatoms. The summed E-state index contributed by atoms with van der Waals surface area (Å²) >= 11 is 0. The molecule has 1 aromatic rings. The molecular formula is C13H19N3O. The van der Waals surface area contributed by atoms with Gasteiger partial charge in [-0.15, -0.1) is 0 Å². The fourth-order valence-corrected chi connectivity index (χ4v) is 2.17. The van der Waals surface area contributed by atoms with Gasteiger partial charge in [-0.2, -0.15) is 0 Å². The van der Waals surface area contributed by atoms with Crippen molar-refractivity contribution in [3.05, 3.63) is 30.1 Å². The Morgan fingerprint density at radius 2 is 2.35 bits per heavy atom. The van der Waals surface area contributed by atoms with Crippen LogP contribution in [0.15, 0.2) is 24.4 Å². The normalized spacial score (nSPS) is 23.1. The number of pyridine rings is 1. The minimum Gasteiger partial charge on any atom is -0.347 e. The predicted octanol–water partition coefficient (Wildman–Crippen LogP) is 1.20. The summed E-state index contributed by atoms with van der Waals surface area (Å²) in [4.78, 5) is 16.1. The SMILES string of the molecule is CC1(C)CNCCC1NC(=O)c1ccccn1. The molecule has 1 unspecified atom stereocenters. The van der Waals surface area contributed by atoms with Gasteiger partial charge in [-0.25, -0.2) is 0 Å². The van der Waals surface area contributed by atoms with Crippen LogP contribution in [0.5, 0.6) is 0 Å². The summed E-state index contributed by atoms with van der Waals surface area (Å²) in [5.41, 5.74) is 0.574. The first kappa shape index (κ1) is 12.0. The van der Waals surface area contributed by atoms with E-state index >= 15 is 0 Å². The van der Waals surface area contributed by atoms with Crippen molar-refractivity contribution < 1.29 is 4.79 Å². The fourth-order valence-electron chi connectivity index (χ4n) is 2.17. The van der Waals surface area contributed by atoms with Gasteiger partial charge in [0, 0.05) is 18.8 Å². The molecule has 0 saturated carbocycles. The van der Waals surface area contributed by atoms with Crippen molar-refractivity contribution in [1.82, 2.24) is 15.6 Å². The van der Waals surface area contributed by atoms with E-state index in [0.29, 0.717) is 5.69 Å². The second-order valence-corrected chi connectivity index (χ2v) is 5.20. The van der Waals surface area contributed by atoms with E-state index in [9.17, 15) is 4.79 Å². The van der Waals surface area contributed by atoms with Gasteiger partial charge in [-0.05, 0) is 30.5 Å². The molecule has 2 N–H and O–H groups in total. The third kappa shape index (κ3) is 2.82. The number of rotatable bonds is 2. The van der Waals surface area contributed by atoms with E-state index < -0.39 is 0 Å². The molecule has 0 bridgehead atoms. The summed E-state index contributed by atoms with van der Waals surface area (Å²) in [7, 11) is 0. The summed E-state index contributed by atoms with van der Waals surface area (Å²) in [6.07, 6.45) is 2.61. The zero-order valence-electron chi connectivity index (χ0n) is 10.4. The van der Waals surface area contributed by atoms with Crippen molar-refractivity contribution in [3.8, 4) is 0 Å². The standard InChI is InChI=1S/C13H19N3O/c1-13(2)9-14-8-6-11(13)16-12(17)10-5-3-4-7-15-10/h3-5,7,11,14H,6,8-9H2,1-2H3,(H,16,17). The molecule has 2 rings (SSSR count). The lowest BCUT2D eigenvalue weighted by Gasteiger charge is -2.39. The van der Waals surface area contributed by atoms with Crippen molar-refractivity contribution in [2.45, 2.75) is 26.3 Å². The van der Waals surface area contributed by atoms with E-state index in [1.807, 2.05) is 12.1 Å². The molecule has 0 spiro atoms. The van der Waals surface area contributed by atoms with E-state index in [0.717, 1.165) is 19.5 Å². The summed E-state index contributed by atoms with van der Waals surface area (Å²) in [5.74, 6) is -0.0782. The van der Waals surface area contributed by atoms with Gasteiger partial charge < -0.3 is 10.6 Å². The zero-order chi connectivity index (χ0) is 12.3. The lowest BCUT2D eigenvalue weighted by molar-refractivity contribution is 0.0863. The number of aromatic nitrogens is 1. The van der Waals surface area contributed by atoms with Gasteiger partial charge in [0.25, 0.3) is 5.91 Å². The highest BCUT2D eigenvalue weighted by atomic mass is 16.1. The largest absolute Gasteiger partial charge is 0.347 e. The monoisotopic (exact) mass is 233 g/mol. The van der Waals surface area contributed by atoms with Crippen molar-refractivity contribution in [3.63, 3.8) is 0 Å². The van der Waals surface area contributed by atoms with E-state index in [4.69, 9.17) is 0 Å². The van der Waals surface area contributed by atoms with Gasteiger partial charge in [0.05, 0.1) is 0 Å². The van der Waals surface area contributed by atoms with Crippen molar-refractivity contribution in [2.75, 3.05) is 13.1 Å². The smallest absolute Gasteiger partial charge is 0.270 e. The van der Waals surface area contributed by atoms with Gasteiger partial charge in [0.2, 0.25) is 0 Å². The lowest BCUT2D eigenvalue weighted by atomic mass is 9.80. The van der Waals surface area contributed by atoms with Crippen LogP contribution in [0.2, 0.25) is 0 Å². The highest BCUT2D eigenvalue weighted by Gasteiger charge is 2.33. The van der Waals surface area contributed by atoms with Crippen LogP contribution in [0.25, 0.3) is 0 Å². The molecule has 2 heterocycles. The second kappa shape index (κ2) is 4.84. The molecule has 17 heavy (non-hydrogen) atoms. The minimum absolute atomic E-state index is 0.0782. The third-order valence-electron chi connectivity index (χ3n) is 3.34. The fraction of sp³-hybridized carbons (Fsp3) is 0.538. The van der Waals surface area contributed by atoms with Gasteiger partial charge in [0.1, 0.15) is 5.69 Å². The van der Waals surface area contributed by atoms with Crippen molar-refractivity contribution in [2.24, 2.45) is 5.41 Å². The van der Waals surface area contributed by atoms with Crippen LogP contribution < -0.4 is 10.6 Å². The first-order valence-electron chi connectivity index (χ1n) is 6.02. The molecule has 1 fully saturated rings. The molecule has 1 aliphatic heterocycles. The second-order valence-electron chi connectivity index (χ2n) is 5.20. The zero-order valence-corrected chi connectivity index (χ0v) is 10.4. The van der Waals surface area contributed by atoms with Gasteiger partial charge in [-0.3, -0.25) is 9.78 Å². The molecule has 92 valence electrons. The average Bonchev–Trinajstić information content (AvgIpc) is 2.33. The number of nitrogens with one attached hydrogen (secondary N) is 2. The Balaban J connectivity index is 2.03. The van der Waals surface area contributed by atoms with Crippen LogP contribution in [0.1, 0.15) is 30.8 Å². The number of nitrogens with zero attached hydrogens (tertiary/aromatic N) is 1. The predicted molar refractivity (Wildman–Crippen MR) is 66.8 cm³/mol. The number of piperidine rings is 1. The molecule has 4 nitrogen and oxygen atoms in total. The van der Waals surface area contributed by atoms with E-state index in [2.05, 4.69) is 29.5 Å². The first-order chi connectivity index (χ1) is 8.09. The van der Waals surface area contributed by atoms with Crippen LogP contribution >= 0.6 is 0 Å². The molecule has 1 aromatic heterocycles. The van der Waals surface area contributed by atoms with Crippen molar-refractivity contribution in [1.29, 1.82) is 0 Å². The molecule has 0 radical (unpaired) electrons. The van der Waals surface area contributed by atoms with Crippen LogP contribution in [0.4, 0.5) is 0 Å². The number of hydrogen-bond acceptors (Lipinski definition) is 3. The Morgan fingerprint density at radius 3 is 3.00 bits per heavy atom. The minimum atomic E-state index is -0.0782. The number of hydrogen-bond donors (Lipinski definition) is 2. The lowest BCUT2D eigenvalue weighted by Crippen LogP contribution is -2.54. The van der Waals surface area contributed by atoms with Gasteiger partial charge in [-0.1, -0.05) is 19.9 Å². The number of amides is 1. The van der Waals surface area contributed by atoms with Crippen LogP contribution in [-0.2, 0) is 0 Å². The van der Waals surface area contributed by atoms with Gasteiger partial charge >= 0.3 is 0 Å². The first-order valence-corrected chi connectivity index (χ1v) is 6.02. The quantitative estimate of drug-likeness (QED) is 0.807. The van der Waals surface area contributed by atoms with E-state index in [1.165, 1.54) is 0 Å². The molecule has 0 aromatic carbocycles. The van der Waals surface area contributed by atoms with Crippen LogP contribution in [-0.4, -0.2) is 30.0 Å². The maximum Gasteiger partial charge on any atom is 0.270 e. The Hall–Kier alpha value is -1.42. The molecule has 1 aliphatic rings. The highest BCUT2D eigenvalue weighted by Crippen LogP contribution is 2.25. The molecule has 1 atom stereocenters. The number of carbonyl (C=O) groups is 1. The molecule has 1 amide bonds. The summed E-state index contributed by atoms with van der Waals surface area (Å²) in [6, 6.07) is 5.59. The van der Waals surface area contributed by atoms with Crippen LogP contribution in [0.3, 0.4) is 0 Å². The summed E-state index contributed by atoms with van der Waals surface area (Å²) in [5, 5.41) is 6.44. The maximum absolute atomic E-state index is 12.0. The van der Waals surface area contributed by atoms with E-state index in [-0.39, 0.29) is 17.4 Å². The Kier molecular flexibility index (Phi) is 3.43. The summed E-state index contributed by atoms with van der Waals surface area (Å²) in [6.45, 7) is 6.22. The topological polar surface area (TPSA) is 54.0 Å². The Labute approximate surface area is 102 Å². The van der Waals surface area contributed by atoms with Crippen molar-refractivity contribution >= 4 is 5.91 Å². The van der Waals surface area contributed by atoms with Gasteiger partial charge in [0.15, 0.2) is 0 Å². The Bertz CT molecular complexity index is 389. The molecule has 1 saturated heterocycles. The van der Waals surface area contributed by atoms with E-state index in [1.54, 1.807) is 12.3 Å². The highest BCUT2D eigenvalue weighted by molar-refractivity contribution is 5.92. The average molecular weight is 233 g/mol. The third-order valence-corrected chi connectivity index (χ3v) is 3.34. The molecular weight excluding hydrogens is 214 g/mol. The number of carbonyl (C=O) groups excluding carboxylic acids is 1.